The zero-order valence-electron chi connectivity index (χ0n) is 13.2. The van der Waals surface area contributed by atoms with Crippen molar-refractivity contribution in [1.29, 1.82) is 0 Å². The summed E-state index contributed by atoms with van der Waals surface area (Å²) in [6.45, 7) is 1.85. The average Bonchev–Trinajstić information content (AvgIpc) is 3.13. The van der Waals surface area contributed by atoms with Gasteiger partial charge >= 0.3 is 0 Å². The lowest BCUT2D eigenvalue weighted by Crippen LogP contribution is -2.14. The van der Waals surface area contributed by atoms with E-state index in [0.29, 0.717) is 0 Å². The summed E-state index contributed by atoms with van der Waals surface area (Å²) in [5.74, 6) is -0.299. The third kappa shape index (κ3) is 2.25. The summed E-state index contributed by atoms with van der Waals surface area (Å²) in [5.41, 5.74) is 4.96. The van der Waals surface area contributed by atoms with Crippen molar-refractivity contribution in [2.75, 3.05) is 6.54 Å². The first-order valence-corrected chi connectivity index (χ1v) is 7.90. The van der Waals surface area contributed by atoms with Crippen molar-refractivity contribution in [3.63, 3.8) is 0 Å². The third-order valence-electron chi connectivity index (χ3n) is 4.62. The number of H-pyrrole nitrogens is 2. The van der Waals surface area contributed by atoms with Crippen LogP contribution in [0.1, 0.15) is 22.7 Å². The molecule has 2 aromatic carbocycles. The first kappa shape index (κ1) is 14.5. The fourth-order valence-electron chi connectivity index (χ4n) is 3.62. The quantitative estimate of drug-likeness (QED) is 0.433. The molecule has 2 aromatic heterocycles. The van der Waals surface area contributed by atoms with E-state index in [-0.39, 0.29) is 17.4 Å². The van der Waals surface area contributed by atoms with Gasteiger partial charge in [-0.05, 0) is 30.2 Å². The highest BCUT2D eigenvalue weighted by Gasteiger charge is 2.27. The Morgan fingerprint density at radius 3 is 2.46 bits per heavy atom. The van der Waals surface area contributed by atoms with Crippen LogP contribution in [0.15, 0.2) is 54.7 Å². The Labute approximate surface area is 138 Å². The van der Waals surface area contributed by atoms with Gasteiger partial charge < -0.3 is 9.97 Å². The van der Waals surface area contributed by atoms with E-state index in [9.17, 15) is 10.1 Å². The second-order valence-electron chi connectivity index (χ2n) is 6.07. The number of aromatic nitrogens is 2. The molecule has 0 spiro atoms. The largest absolute Gasteiger partial charge is 0.361 e. The first-order valence-electron chi connectivity index (χ1n) is 7.90. The molecular formula is C19H17N3O2. The molecule has 1 unspecified atom stereocenters. The van der Waals surface area contributed by atoms with Crippen molar-refractivity contribution in [3.05, 3.63) is 81.7 Å². The lowest BCUT2D eigenvalue weighted by molar-refractivity contribution is -0.481. The van der Waals surface area contributed by atoms with Gasteiger partial charge in [-0.3, -0.25) is 10.1 Å². The van der Waals surface area contributed by atoms with E-state index in [4.69, 9.17) is 0 Å². The van der Waals surface area contributed by atoms with Gasteiger partial charge in [0.1, 0.15) is 0 Å². The minimum atomic E-state index is -0.299. The molecule has 24 heavy (non-hydrogen) atoms. The molecule has 2 N–H and O–H groups in total. The van der Waals surface area contributed by atoms with Crippen LogP contribution in [0.3, 0.4) is 0 Å². The van der Waals surface area contributed by atoms with Gasteiger partial charge in [-0.1, -0.05) is 36.4 Å². The van der Waals surface area contributed by atoms with Crippen molar-refractivity contribution in [1.82, 2.24) is 9.97 Å². The molecule has 0 saturated heterocycles. The van der Waals surface area contributed by atoms with Gasteiger partial charge in [-0.15, -0.1) is 0 Å². The molecule has 0 aliphatic heterocycles. The Bertz CT molecular complexity index is 1050. The Kier molecular flexibility index (Phi) is 3.34. The van der Waals surface area contributed by atoms with Crippen molar-refractivity contribution >= 4 is 21.8 Å². The second-order valence-corrected chi connectivity index (χ2v) is 6.07. The zero-order valence-corrected chi connectivity index (χ0v) is 13.2. The topological polar surface area (TPSA) is 74.7 Å². The van der Waals surface area contributed by atoms with Gasteiger partial charge in [0.25, 0.3) is 0 Å². The first-order chi connectivity index (χ1) is 11.6. The molecule has 0 bridgehead atoms. The van der Waals surface area contributed by atoms with Crippen LogP contribution in [-0.2, 0) is 0 Å². The molecule has 0 aliphatic rings. The number of nitrogens with one attached hydrogen (secondary N) is 2. The normalized spacial score (nSPS) is 12.7. The minimum absolute atomic E-state index is 0.134. The van der Waals surface area contributed by atoms with Gasteiger partial charge in [-0.2, -0.15) is 0 Å². The molecule has 5 heteroatoms. The van der Waals surface area contributed by atoms with Gasteiger partial charge in [0.15, 0.2) is 0 Å². The molecule has 4 rings (SSSR count). The number of benzene rings is 2. The predicted molar refractivity (Wildman–Crippen MR) is 95.0 cm³/mol. The molecule has 2 heterocycles. The number of aryl methyl sites for hydroxylation is 1. The standard InChI is InChI=1S/C19H17N3O2/c1-12-19(14-7-3-5-9-18(14)21-12)16(11-22(23)24)15-10-20-17-8-4-2-6-13(15)17/h2-10,16,20-21H,11H2,1H3. The summed E-state index contributed by atoms with van der Waals surface area (Å²) in [4.78, 5) is 17.7. The van der Waals surface area contributed by atoms with Crippen LogP contribution < -0.4 is 0 Å². The summed E-state index contributed by atoms with van der Waals surface area (Å²) in [5, 5.41) is 13.5. The molecule has 0 saturated carbocycles. The second kappa shape index (κ2) is 5.53. The fourth-order valence-corrected chi connectivity index (χ4v) is 3.62. The molecule has 4 aromatic rings. The van der Waals surface area contributed by atoms with E-state index in [1.807, 2.05) is 61.7 Å². The summed E-state index contributed by atoms with van der Waals surface area (Å²) >= 11 is 0. The molecule has 1 atom stereocenters. The third-order valence-corrected chi connectivity index (χ3v) is 4.62. The van der Waals surface area contributed by atoms with E-state index in [0.717, 1.165) is 38.6 Å². The van der Waals surface area contributed by atoms with E-state index < -0.39 is 0 Å². The smallest absolute Gasteiger partial charge is 0.214 e. The molecule has 0 amide bonds. The Morgan fingerprint density at radius 1 is 1.04 bits per heavy atom. The van der Waals surface area contributed by atoms with E-state index in [1.54, 1.807) is 0 Å². The average molecular weight is 319 g/mol. The van der Waals surface area contributed by atoms with Crippen LogP contribution in [0.2, 0.25) is 0 Å². The molecule has 0 radical (unpaired) electrons. The summed E-state index contributed by atoms with van der Waals surface area (Å²) in [7, 11) is 0. The number of nitrogens with zero attached hydrogens (tertiary/aromatic N) is 1. The molecule has 0 aliphatic carbocycles. The summed E-state index contributed by atoms with van der Waals surface area (Å²) in [6.07, 6.45) is 1.90. The maximum absolute atomic E-state index is 11.4. The van der Waals surface area contributed by atoms with Gasteiger partial charge in [0.2, 0.25) is 6.54 Å². The zero-order chi connectivity index (χ0) is 16.7. The number of aromatic amines is 2. The maximum Gasteiger partial charge on any atom is 0.214 e. The van der Waals surface area contributed by atoms with Crippen LogP contribution in [0, 0.1) is 17.0 Å². The number of rotatable bonds is 4. The summed E-state index contributed by atoms with van der Waals surface area (Å²) in [6, 6.07) is 15.9. The number of para-hydroxylation sites is 2. The molecule has 5 nitrogen and oxygen atoms in total. The van der Waals surface area contributed by atoms with Gasteiger partial charge in [0, 0.05) is 38.6 Å². The van der Waals surface area contributed by atoms with Crippen LogP contribution in [-0.4, -0.2) is 21.4 Å². The lowest BCUT2D eigenvalue weighted by atomic mass is 9.89. The van der Waals surface area contributed by atoms with Crippen LogP contribution in [0.4, 0.5) is 0 Å². The maximum atomic E-state index is 11.4. The fraction of sp³-hybridized carbons (Fsp3) is 0.158. The Balaban J connectivity index is 1.97. The van der Waals surface area contributed by atoms with E-state index in [1.165, 1.54) is 0 Å². The highest BCUT2D eigenvalue weighted by Crippen LogP contribution is 2.36. The van der Waals surface area contributed by atoms with Gasteiger partial charge in [0.05, 0.1) is 5.92 Å². The number of hydrogen-bond donors (Lipinski definition) is 2. The number of nitro groups is 1. The minimum Gasteiger partial charge on any atom is -0.361 e. The SMILES string of the molecule is Cc1[nH]c2ccccc2c1C(C[N+](=O)[O-])c1c[nH]c2ccccc12. The van der Waals surface area contributed by atoms with E-state index in [2.05, 4.69) is 9.97 Å². The number of fused-ring (bicyclic) bond motifs is 2. The van der Waals surface area contributed by atoms with Crippen LogP contribution in [0.25, 0.3) is 21.8 Å². The molecule has 120 valence electrons. The Morgan fingerprint density at radius 2 is 1.71 bits per heavy atom. The Hall–Kier alpha value is -3.08. The monoisotopic (exact) mass is 319 g/mol. The van der Waals surface area contributed by atoms with Crippen LogP contribution >= 0.6 is 0 Å². The van der Waals surface area contributed by atoms with Crippen LogP contribution in [0.5, 0.6) is 0 Å². The van der Waals surface area contributed by atoms with Crippen molar-refractivity contribution in [2.24, 2.45) is 0 Å². The molecular weight excluding hydrogens is 302 g/mol. The van der Waals surface area contributed by atoms with Crippen molar-refractivity contribution in [2.45, 2.75) is 12.8 Å². The van der Waals surface area contributed by atoms with Crippen molar-refractivity contribution in [3.8, 4) is 0 Å². The molecule has 0 fully saturated rings. The predicted octanol–water partition coefficient (Wildman–Crippen LogP) is 4.37. The van der Waals surface area contributed by atoms with Gasteiger partial charge in [-0.25, -0.2) is 0 Å². The van der Waals surface area contributed by atoms with E-state index >= 15 is 0 Å². The highest BCUT2D eigenvalue weighted by atomic mass is 16.6. The lowest BCUT2D eigenvalue weighted by Gasteiger charge is -2.13. The number of hydrogen-bond acceptors (Lipinski definition) is 2. The summed E-state index contributed by atoms with van der Waals surface area (Å²) < 4.78 is 0. The van der Waals surface area contributed by atoms with Crippen molar-refractivity contribution < 1.29 is 4.92 Å². The highest BCUT2D eigenvalue weighted by molar-refractivity contribution is 5.89.